The predicted octanol–water partition coefficient (Wildman–Crippen LogP) is 4.25. The maximum atomic E-state index is 13.8. The molecule has 6 heteroatoms. The van der Waals surface area contributed by atoms with Crippen LogP contribution in [0.15, 0.2) is 18.2 Å². The Hall–Kier alpha value is -0.780. The quantitative estimate of drug-likeness (QED) is 0.591. The van der Waals surface area contributed by atoms with Crippen LogP contribution in [0.3, 0.4) is 0 Å². The van der Waals surface area contributed by atoms with Gasteiger partial charge >= 0.3 is 6.18 Å². The van der Waals surface area contributed by atoms with Gasteiger partial charge in [-0.25, -0.2) is 4.39 Å². The van der Waals surface area contributed by atoms with Crippen molar-refractivity contribution in [3.63, 3.8) is 0 Å². The summed E-state index contributed by atoms with van der Waals surface area (Å²) in [6, 6.07) is 4.15. The monoisotopic (exact) mass is 325 g/mol. The molecule has 1 aliphatic rings. The number of halogens is 5. The molecule has 0 unspecified atom stereocenters. The Morgan fingerprint density at radius 3 is 2.44 bits per heavy atom. The molecule has 0 amide bonds. The first kappa shape index (κ1) is 13.6. The number of alkyl halides is 4. The molecule has 0 radical (unpaired) electrons. The van der Waals surface area contributed by atoms with E-state index in [1.165, 1.54) is 12.1 Å². The third kappa shape index (κ3) is 3.16. The molecule has 0 spiro atoms. The highest BCUT2D eigenvalue weighted by Crippen LogP contribution is 2.38. The first-order chi connectivity index (χ1) is 8.42. The third-order valence-electron chi connectivity index (χ3n) is 2.84. The average molecular weight is 326 g/mol. The molecule has 1 aromatic rings. The molecular weight excluding hydrogens is 314 g/mol. The van der Waals surface area contributed by atoms with Gasteiger partial charge in [-0.05, 0) is 24.5 Å². The summed E-state index contributed by atoms with van der Waals surface area (Å²) < 4.78 is 51.5. The van der Waals surface area contributed by atoms with Crippen molar-refractivity contribution >= 4 is 21.6 Å². The minimum atomic E-state index is -4.32. The second kappa shape index (κ2) is 5.07. The molecule has 1 aliphatic carbocycles. The molecule has 0 saturated heterocycles. The summed E-state index contributed by atoms with van der Waals surface area (Å²) in [7, 11) is 0. The van der Waals surface area contributed by atoms with Gasteiger partial charge in [0.15, 0.2) is 0 Å². The van der Waals surface area contributed by atoms with Gasteiger partial charge in [0.1, 0.15) is 12.4 Å². The van der Waals surface area contributed by atoms with E-state index in [9.17, 15) is 17.6 Å². The number of anilines is 1. The van der Waals surface area contributed by atoms with E-state index in [1.807, 2.05) is 0 Å². The Bertz CT molecular complexity index is 429. The van der Waals surface area contributed by atoms with E-state index in [4.69, 9.17) is 0 Å². The second-order valence-corrected chi connectivity index (χ2v) is 4.92. The number of hydrogen-bond acceptors (Lipinski definition) is 1. The van der Waals surface area contributed by atoms with Gasteiger partial charge in [0, 0.05) is 11.4 Å². The molecule has 0 aliphatic heterocycles. The maximum Gasteiger partial charge on any atom is 0.405 e. The van der Waals surface area contributed by atoms with Crippen molar-refractivity contribution in [1.82, 2.24) is 0 Å². The topological polar surface area (TPSA) is 3.24 Å². The maximum absolute atomic E-state index is 13.8. The Morgan fingerprint density at radius 2 is 1.94 bits per heavy atom. The lowest BCUT2D eigenvalue weighted by molar-refractivity contribution is -0.120. The SMILES string of the molecule is Fc1cccc(CBr)c1N(CC(F)(F)F)C1CC1. The van der Waals surface area contributed by atoms with E-state index in [0.717, 1.165) is 4.90 Å². The lowest BCUT2D eigenvalue weighted by atomic mass is 10.1. The van der Waals surface area contributed by atoms with Crippen LogP contribution in [0.2, 0.25) is 0 Å². The molecule has 1 aromatic carbocycles. The van der Waals surface area contributed by atoms with E-state index >= 15 is 0 Å². The summed E-state index contributed by atoms with van der Waals surface area (Å²) in [6.45, 7) is -1.10. The summed E-state index contributed by atoms with van der Waals surface area (Å²) in [6.07, 6.45) is -2.95. The molecule has 1 saturated carbocycles. The Labute approximate surface area is 111 Å². The summed E-state index contributed by atoms with van der Waals surface area (Å²) in [5.41, 5.74) is 0.625. The fourth-order valence-corrected chi connectivity index (χ4v) is 2.41. The smallest absolute Gasteiger partial charge is 0.357 e. The zero-order chi connectivity index (χ0) is 13.3. The molecular formula is C12H12BrF4N. The molecule has 0 aromatic heterocycles. The molecule has 1 fully saturated rings. The van der Waals surface area contributed by atoms with Gasteiger partial charge in [-0.1, -0.05) is 28.1 Å². The van der Waals surface area contributed by atoms with E-state index in [0.29, 0.717) is 23.7 Å². The third-order valence-corrected chi connectivity index (χ3v) is 3.44. The standard InChI is InChI=1S/C12H12BrF4N/c13-6-8-2-1-3-10(14)11(8)18(9-4-5-9)7-12(15,16)17/h1-3,9H,4-7H2. The fourth-order valence-electron chi connectivity index (χ4n) is 1.96. The van der Waals surface area contributed by atoms with Crippen molar-refractivity contribution in [1.29, 1.82) is 0 Å². The average Bonchev–Trinajstić information content (AvgIpc) is 3.08. The predicted molar refractivity (Wildman–Crippen MR) is 65.5 cm³/mol. The van der Waals surface area contributed by atoms with Crippen LogP contribution in [0.5, 0.6) is 0 Å². The van der Waals surface area contributed by atoms with Gasteiger partial charge in [-0.3, -0.25) is 0 Å². The molecule has 0 atom stereocenters. The molecule has 18 heavy (non-hydrogen) atoms. The van der Waals surface area contributed by atoms with Crippen LogP contribution in [0.1, 0.15) is 18.4 Å². The highest BCUT2D eigenvalue weighted by atomic mass is 79.9. The van der Waals surface area contributed by atoms with E-state index in [2.05, 4.69) is 15.9 Å². The van der Waals surface area contributed by atoms with Gasteiger partial charge in [-0.2, -0.15) is 13.2 Å². The summed E-state index contributed by atoms with van der Waals surface area (Å²) in [5, 5.41) is 0.334. The van der Waals surface area contributed by atoms with Gasteiger partial charge < -0.3 is 4.90 Å². The Morgan fingerprint density at radius 1 is 1.28 bits per heavy atom. The number of rotatable bonds is 4. The van der Waals surface area contributed by atoms with Crippen LogP contribution >= 0.6 is 15.9 Å². The van der Waals surface area contributed by atoms with Crippen LogP contribution in [0.4, 0.5) is 23.2 Å². The van der Waals surface area contributed by atoms with E-state index in [-0.39, 0.29) is 11.7 Å². The zero-order valence-corrected chi connectivity index (χ0v) is 11.1. The van der Waals surface area contributed by atoms with Gasteiger partial charge in [0.2, 0.25) is 0 Å². The molecule has 0 heterocycles. The van der Waals surface area contributed by atoms with Gasteiger partial charge in [-0.15, -0.1) is 0 Å². The largest absolute Gasteiger partial charge is 0.405 e. The normalized spacial score (nSPS) is 15.8. The van der Waals surface area contributed by atoms with Crippen molar-refractivity contribution in [2.75, 3.05) is 11.4 Å². The van der Waals surface area contributed by atoms with Crippen LogP contribution in [-0.4, -0.2) is 18.8 Å². The minimum absolute atomic E-state index is 0.0780. The van der Waals surface area contributed by atoms with Crippen LogP contribution < -0.4 is 4.90 Å². The molecule has 2 rings (SSSR count). The number of benzene rings is 1. The van der Waals surface area contributed by atoms with Crippen molar-refractivity contribution in [2.24, 2.45) is 0 Å². The van der Waals surface area contributed by atoms with Crippen LogP contribution in [-0.2, 0) is 5.33 Å². The molecule has 100 valence electrons. The molecule has 0 N–H and O–H groups in total. The lowest BCUT2D eigenvalue weighted by Gasteiger charge is -2.28. The van der Waals surface area contributed by atoms with Crippen molar-refractivity contribution in [2.45, 2.75) is 30.4 Å². The molecule has 1 nitrogen and oxygen atoms in total. The van der Waals surface area contributed by atoms with Gasteiger partial charge in [0.05, 0.1) is 5.69 Å². The Kier molecular flexibility index (Phi) is 3.84. The van der Waals surface area contributed by atoms with Gasteiger partial charge in [0.25, 0.3) is 0 Å². The van der Waals surface area contributed by atoms with Crippen molar-refractivity contribution in [3.8, 4) is 0 Å². The number of hydrogen-bond donors (Lipinski definition) is 0. The first-order valence-corrected chi connectivity index (χ1v) is 6.71. The van der Waals surface area contributed by atoms with Crippen molar-refractivity contribution < 1.29 is 17.6 Å². The lowest BCUT2D eigenvalue weighted by Crippen LogP contribution is -2.37. The summed E-state index contributed by atoms with van der Waals surface area (Å²) in [5.74, 6) is -0.594. The van der Waals surface area contributed by atoms with Crippen molar-refractivity contribution in [3.05, 3.63) is 29.6 Å². The molecule has 0 bridgehead atoms. The Balaban J connectivity index is 2.36. The second-order valence-electron chi connectivity index (χ2n) is 4.36. The van der Waals surface area contributed by atoms with Crippen LogP contribution in [0, 0.1) is 5.82 Å². The summed E-state index contributed by atoms with van der Waals surface area (Å²) >= 11 is 3.19. The first-order valence-electron chi connectivity index (χ1n) is 5.59. The minimum Gasteiger partial charge on any atom is -0.357 e. The highest BCUT2D eigenvalue weighted by Gasteiger charge is 2.39. The highest BCUT2D eigenvalue weighted by molar-refractivity contribution is 9.08. The van der Waals surface area contributed by atoms with E-state index in [1.54, 1.807) is 6.07 Å². The summed E-state index contributed by atoms with van der Waals surface area (Å²) in [4.78, 5) is 1.14. The van der Waals surface area contributed by atoms with E-state index < -0.39 is 18.5 Å². The number of para-hydroxylation sites is 1. The fraction of sp³-hybridized carbons (Fsp3) is 0.500. The zero-order valence-electron chi connectivity index (χ0n) is 9.47. The van der Waals surface area contributed by atoms with Crippen LogP contribution in [0.25, 0.3) is 0 Å². The number of nitrogens with zero attached hydrogens (tertiary/aromatic N) is 1.